The molecule has 1 aliphatic rings. The van der Waals surface area contributed by atoms with Gasteiger partial charge in [-0.3, -0.25) is 9.88 Å². The van der Waals surface area contributed by atoms with E-state index in [4.69, 9.17) is 5.11 Å². The molecule has 1 aromatic carbocycles. The number of nitrogens with zero attached hydrogens (tertiary/aromatic N) is 4. The molecule has 0 aliphatic carbocycles. The van der Waals surface area contributed by atoms with Crippen LogP contribution in [0, 0.1) is 12.8 Å². The number of aromatic carboxylic acids is 1. The van der Waals surface area contributed by atoms with Crippen LogP contribution < -0.4 is 0 Å². The number of rotatable bonds is 6. The van der Waals surface area contributed by atoms with E-state index in [0.29, 0.717) is 11.5 Å². The molecule has 29 heavy (non-hydrogen) atoms. The zero-order chi connectivity index (χ0) is 20.2. The fourth-order valence-corrected chi connectivity index (χ4v) is 3.88. The van der Waals surface area contributed by atoms with Crippen LogP contribution in [-0.4, -0.2) is 49.0 Å². The van der Waals surface area contributed by atoms with Gasteiger partial charge < -0.3 is 10.1 Å². The van der Waals surface area contributed by atoms with Crippen LogP contribution in [0.25, 0.3) is 11.5 Å². The van der Waals surface area contributed by atoms with Crippen LogP contribution >= 0.6 is 0 Å². The minimum atomic E-state index is -0.884. The average Bonchev–Trinajstić information content (AvgIpc) is 3.16. The van der Waals surface area contributed by atoms with Gasteiger partial charge >= 0.3 is 5.97 Å². The Bertz CT molecular complexity index is 975. The lowest BCUT2D eigenvalue weighted by Crippen LogP contribution is -2.34. The quantitative estimate of drug-likeness (QED) is 0.669. The molecule has 0 saturated carbocycles. The molecule has 1 fully saturated rings. The Morgan fingerprint density at radius 3 is 2.52 bits per heavy atom. The molecule has 4 rings (SSSR count). The number of nitrogens with one attached hydrogen (secondary N) is 1. The van der Waals surface area contributed by atoms with Crippen molar-refractivity contribution in [3.63, 3.8) is 0 Å². The van der Waals surface area contributed by atoms with Crippen LogP contribution in [0.5, 0.6) is 0 Å². The molecule has 7 heteroatoms. The van der Waals surface area contributed by atoms with Gasteiger partial charge in [0.25, 0.3) is 0 Å². The van der Waals surface area contributed by atoms with Crippen molar-refractivity contribution >= 4 is 5.97 Å². The Morgan fingerprint density at radius 1 is 1.14 bits per heavy atom. The number of piperidine rings is 1. The molecular formula is C22H25N5O2. The van der Waals surface area contributed by atoms with E-state index < -0.39 is 5.97 Å². The fourth-order valence-electron chi connectivity index (χ4n) is 3.88. The number of benzene rings is 1. The SMILES string of the molecule is Cc1cnc(-c2nccnc2CC2CCN(Cc3ccc(C(=O)O)cc3)CC2)[nH]1. The zero-order valence-electron chi connectivity index (χ0n) is 16.5. The number of carbonyl (C=O) groups is 1. The highest BCUT2D eigenvalue weighted by Crippen LogP contribution is 2.25. The van der Waals surface area contributed by atoms with Crippen molar-refractivity contribution in [3.05, 3.63) is 65.4 Å². The summed E-state index contributed by atoms with van der Waals surface area (Å²) < 4.78 is 0. The summed E-state index contributed by atoms with van der Waals surface area (Å²) in [7, 11) is 0. The van der Waals surface area contributed by atoms with Crippen molar-refractivity contribution in [2.45, 2.75) is 32.7 Å². The van der Waals surface area contributed by atoms with Gasteiger partial charge in [-0.15, -0.1) is 0 Å². The second kappa shape index (κ2) is 8.53. The van der Waals surface area contributed by atoms with Crippen LogP contribution in [0.4, 0.5) is 0 Å². The van der Waals surface area contributed by atoms with Gasteiger partial charge in [-0.05, 0) is 62.9 Å². The Kier molecular flexibility index (Phi) is 5.67. The number of aromatic amines is 1. The number of hydrogen-bond donors (Lipinski definition) is 2. The predicted molar refractivity (Wildman–Crippen MR) is 109 cm³/mol. The smallest absolute Gasteiger partial charge is 0.335 e. The number of aryl methyl sites for hydroxylation is 1. The van der Waals surface area contributed by atoms with E-state index in [0.717, 1.165) is 67.4 Å². The summed E-state index contributed by atoms with van der Waals surface area (Å²) in [4.78, 5) is 30.2. The largest absolute Gasteiger partial charge is 0.478 e. The van der Waals surface area contributed by atoms with Crippen LogP contribution in [0.3, 0.4) is 0 Å². The maximum Gasteiger partial charge on any atom is 0.335 e. The van der Waals surface area contributed by atoms with Crippen LogP contribution in [0.2, 0.25) is 0 Å². The van der Waals surface area contributed by atoms with Crippen LogP contribution in [-0.2, 0) is 13.0 Å². The van der Waals surface area contributed by atoms with E-state index in [1.54, 1.807) is 24.5 Å². The number of aromatic nitrogens is 4. The van der Waals surface area contributed by atoms with Gasteiger partial charge in [0, 0.05) is 30.8 Å². The third-order valence-corrected chi connectivity index (χ3v) is 5.50. The standard InChI is InChI=1S/C22H25N5O2/c1-15-13-25-21(26-15)20-19(23-8-9-24-20)12-16-6-10-27(11-7-16)14-17-2-4-18(5-3-17)22(28)29/h2-5,8-9,13,16H,6-7,10-12,14H2,1H3,(H,25,26)(H,28,29). The van der Waals surface area contributed by atoms with Gasteiger partial charge in [-0.25, -0.2) is 14.8 Å². The summed E-state index contributed by atoms with van der Waals surface area (Å²) in [5.41, 5.74) is 4.35. The number of imidazole rings is 1. The Labute approximate surface area is 169 Å². The molecule has 3 heterocycles. The van der Waals surface area contributed by atoms with E-state index in [1.807, 2.05) is 25.3 Å². The van der Waals surface area contributed by atoms with Crippen molar-refractivity contribution in [2.24, 2.45) is 5.92 Å². The zero-order valence-corrected chi connectivity index (χ0v) is 16.5. The molecule has 0 radical (unpaired) electrons. The summed E-state index contributed by atoms with van der Waals surface area (Å²) in [6.07, 6.45) is 8.42. The molecule has 150 valence electrons. The van der Waals surface area contributed by atoms with Gasteiger partial charge in [0.15, 0.2) is 5.82 Å². The molecule has 0 unspecified atom stereocenters. The van der Waals surface area contributed by atoms with E-state index in [2.05, 4.69) is 24.8 Å². The molecule has 1 aliphatic heterocycles. The Balaban J connectivity index is 1.34. The van der Waals surface area contributed by atoms with Crippen molar-refractivity contribution < 1.29 is 9.90 Å². The van der Waals surface area contributed by atoms with Gasteiger partial charge in [0.2, 0.25) is 0 Å². The summed E-state index contributed by atoms with van der Waals surface area (Å²) in [5, 5.41) is 9.01. The molecule has 3 aromatic rings. The third-order valence-electron chi connectivity index (χ3n) is 5.50. The lowest BCUT2D eigenvalue weighted by molar-refractivity contribution is 0.0697. The Morgan fingerprint density at radius 2 is 1.86 bits per heavy atom. The van der Waals surface area contributed by atoms with Crippen molar-refractivity contribution in [2.75, 3.05) is 13.1 Å². The number of hydrogen-bond acceptors (Lipinski definition) is 5. The van der Waals surface area contributed by atoms with Crippen LogP contribution in [0.1, 0.15) is 40.2 Å². The average molecular weight is 391 g/mol. The summed E-state index contributed by atoms with van der Waals surface area (Å²) in [5.74, 6) is 0.477. The second-order valence-electron chi connectivity index (χ2n) is 7.69. The molecule has 2 N–H and O–H groups in total. The van der Waals surface area contributed by atoms with Crippen molar-refractivity contribution in [3.8, 4) is 11.5 Å². The van der Waals surface area contributed by atoms with E-state index in [1.165, 1.54) is 0 Å². The topological polar surface area (TPSA) is 95.0 Å². The lowest BCUT2D eigenvalue weighted by atomic mass is 9.91. The molecule has 0 bridgehead atoms. The molecular weight excluding hydrogens is 366 g/mol. The normalized spacial score (nSPS) is 15.5. The summed E-state index contributed by atoms with van der Waals surface area (Å²) in [6.45, 7) is 4.90. The number of H-pyrrole nitrogens is 1. The maximum absolute atomic E-state index is 11.0. The Hall–Kier alpha value is -3.06. The summed E-state index contributed by atoms with van der Waals surface area (Å²) >= 11 is 0. The second-order valence-corrected chi connectivity index (χ2v) is 7.69. The molecule has 2 aromatic heterocycles. The fraction of sp³-hybridized carbons (Fsp3) is 0.364. The first-order chi connectivity index (χ1) is 14.1. The van der Waals surface area contributed by atoms with Gasteiger partial charge in [0.05, 0.1) is 11.3 Å². The number of likely N-dealkylation sites (tertiary alicyclic amines) is 1. The van der Waals surface area contributed by atoms with Crippen molar-refractivity contribution in [1.29, 1.82) is 0 Å². The molecule has 7 nitrogen and oxygen atoms in total. The molecule has 1 saturated heterocycles. The first-order valence-electron chi connectivity index (χ1n) is 9.95. The van der Waals surface area contributed by atoms with E-state index in [9.17, 15) is 4.79 Å². The van der Waals surface area contributed by atoms with Gasteiger partial charge in [0.1, 0.15) is 5.69 Å². The highest BCUT2D eigenvalue weighted by Gasteiger charge is 2.22. The highest BCUT2D eigenvalue weighted by molar-refractivity contribution is 5.87. The maximum atomic E-state index is 11.0. The predicted octanol–water partition coefficient (Wildman–Crippen LogP) is 3.33. The molecule has 0 atom stereocenters. The molecule has 0 amide bonds. The van der Waals surface area contributed by atoms with Crippen molar-refractivity contribution in [1.82, 2.24) is 24.8 Å². The minimum Gasteiger partial charge on any atom is -0.478 e. The summed E-state index contributed by atoms with van der Waals surface area (Å²) in [6, 6.07) is 7.17. The number of carboxylic acids is 1. The van der Waals surface area contributed by atoms with E-state index >= 15 is 0 Å². The minimum absolute atomic E-state index is 0.332. The van der Waals surface area contributed by atoms with E-state index in [-0.39, 0.29) is 0 Å². The van der Waals surface area contributed by atoms with Crippen LogP contribution in [0.15, 0.2) is 42.9 Å². The molecule has 0 spiro atoms. The third kappa shape index (κ3) is 4.68. The first-order valence-corrected chi connectivity index (χ1v) is 9.95. The van der Waals surface area contributed by atoms with Gasteiger partial charge in [-0.2, -0.15) is 0 Å². The first kappa shape index (κ1) is 19.3. The van der Waals surface area contributed by atoms with Gasteiger partial charge in [-0.1, -0.05) is 12.1 Å². The highest BCUT2D eigenvalue weighted by atomic mass is 16.4. The number of carboxylic acid groups (broad SMARTS) is 1. The lowest BCUT2D eigenvalue weighted by Gasteiger charge is -2.32. The monoisotopic (exact) mass is 391 g/mol.